The quantitative estimate of drug-likeness (QED) is 0.854. The van der Waals surface area contributed by atoms with Crippen LogP contribution in [0.4, 0.5) is 30.8 Å². The Balaban J connectivity index is 1.40. The molecular weight excluding hydrogens is 373 g/mol. The van der Waals surface area contributed by atoms with Gasteiger partial charge in [-0.3, -0.25) is 0 Å². The molecule has 28 heavy (non-hydrogen) atoms. The SMILES string of the molecule is FC(F)(F)c1cccc(N2CCC(Nc3nccc(N4CCOCC4)n3)C2)n1. The summed E-state index contributed by atoms with van der Waals surface area (Å²) in [6.07, 6.45) is -1.97. The minimum Gasteiger partial charge on any atom is -0.378 e. The van der Waals surface area contributed by atoms with Crippen LogP contribution in [0, 0.1) is 0 Å². The Morgan fingerprint density at radius 2 is 1.79 bits per heavy atom. The number of nitrogens with zero attached hydrogens (tertiary/aromatic N) is 5. The molecule has 0 bridgehead atoms. The van der Waals surface area contributed by atoms with Crippen LogP contribution in [0.25, 0.3) is 0 Å². The number of alkyl halides is 3. The van der Waals surface area contributed by atoms with Crippen molar-refractivity contribution in [2.45, 2.75) is 18.6 Å². The zero-order valence-corrected chi connectivity index (χ0v) is 15.2. The van der Waals surface area contributed by atoms with Crippen molar-refractivity contribution in [2.75, 3.05) is 54.5 Å². The van der Waals surface area contributed by atoms with Gasteiger partial charge in [-0.15, -0.1) is 0 Å². The van der Waals surface area contributed by atoms with Gasteiger partial charge >= 0.3 is 6.18 Å². The van der Waals surface area contributed by atoms with E-state index in [-0.39, 0.29) is 6.04 Å². The van der Waals surface area contributed by atoms with Crippen molar-refractivity contribution in [1.82, 2.24) is 15.0 Å². The molecular formula is C18H21F3N6O. The molecule has 0 aliphatic carbocycles. The second kappa shape index (κ2) is 7.78. The first-order valence-electron chi connectivity index (χ1n) is 9.20. The fourth-order valence-corrected chi connectivity index (χ4v) is 3.41. The standard InChI is InChI=1S/C18H21F3N6O/c19-18(20,21)14-2-1-3-15(24-14)27-7-5-13(12-27)23-17-22-6-4-16(25-17)26-8-10-28-11-9-26/h1-4,6,13H,5,7-12H2,(H,22,23,25). The highest BCUT2D eigenvalue weighted by molar-refractivity contribution is 5.45. The van der Waals surface area contributed by atoms with E-state index in [9.17, 15) is 13.2 Å². The van der Waals surface area contributed by atoms with Crippen molar-refractivity contribution in [3.8, 4) is 0 Å². The van der Waals surface area contributed by atoms with Crippen molar-refractivity contribution in [1.29, 1.82) is 0 Å². The molecule has 2 saturated heterocycles. The van der Waals surface area contributed by atoms with Gasteiger partial charge in [-0.2, -0.15) is 18.2 Å². The zero-order chi connectivity index (χ0) is 19.6. The molecule has 10 heteroatoms. The topological polar surface area (TPSA) is 66.4 Å². The summed E-state index contributed by atoms with van der Waals surface area (Å²) in [5.74, 6) is 1.70. The van der Waals surface area contributed by atoms with E-state index >= 15 is 0 Å². The second-order valence-electron chi connectivity index (χ2n) is 6.79. The average Bonchev–Trinajstić information content (AvgIpc) is 3.17. The number of pyridine rings is 1. The maximum Gasteiger partial charge on any atom is 0.433 e. The average molecular weight is 394 g/mol. The number of morpholine rings is 1. The van der Waals surface area contributed by atoms with Gasteiger partial charge in [0.25, 0.3) is 0 Å². The summed E-state index contributed by atoms with van der Waals surface area (Å²) in [5, 5.41) is 3.29. The lowest BCUT2D eigenvalue weighted by molar-refractivity contribution is -0.141. The molecule has 150 valence electrons. The molecule has 7 nitrogen and oxygen atoms in total. The number of halogens is 3. The zero-order valence-electron chi connectivity index (χ0n) is 15.2. The Morgan fingerprint density at radius 3 is 2.57 bits per heavy atom. The van der Waals surface area contributed by atoms with Crippen molar-refractivity contribution in [3.05, 3.63) is 36.2 Å². The molecule has 4 rings (SSSR count). The Hall–Kier alpha value is -2.62. The van der Waals surface area contributed by atoms with Gasteiger partial charge in [0.15, 0.2) is 0 Å². The van der Waals surface area contributed by atoms with Crippen LogP contribution in [0.5, 0.6) is 0 Å². The third-order valence-corrected chi connectivity index (χ3v) is 4.85. The predicted octanol–water partition coefficient (Wildman–Crippen LogP) is 2.42. The molecule has 2 aromatic heterocycles. The molecule has 0 radical (unpaired) electrons. The minimum atomic E-state index is -4.44. The molecule has 1 unspecified atom stereocenters. The van der Waals surface area contributed by atoms with Crippen LogP contribution in [0.3, 0.4) is 0 Å². The van der Waals surface area contributed by atoms with E-state index in [1.807, 2.05) is 11.0 Å². The molecule has 0 amide bonds. The Morgan fingerprint density at radius 1 is 1.00 bits per heavy atom. The van der Waals surface area contributed by atoms with Crippen LogP contribution >= 0.6 is 0 Å². The van der Waals surface area contributed by atoms with Crippen molar-refractivity contribution < 1.29 is 17.9 Å². The summed E-state index contributed by atoms with van der Waals surface area (Å²) >= 11 is 0. The maximum absolute atomic E-state index is 12.9. The van der Waals surface area contributed by atoms with Crippen molar-refractivity contribution >= 4 is 17.6 Å². The minimum absolute atomic E-state index is 0.0382. The number of ether oxygens (including phenoxy) is 1. The van der Waals surface area contributed by atoms with Crippen LogP contribution < -0.4 is 15.1 Å². The second-order valence-corrected chi connectivity index (χ2v) is 6.79. The van der Waals surface area contributed by atoms with Gasteiger partial charge in [0.1, 0.15) is 17.3 Å². The van der Waals surface area contributed by atoms with Crippen molar-refractivity contribution in [3.63, 3.8) is 0 Å². The van der Waals surface area contributed by atoms with Gasteiger partial charge in [-0.05, 0) is 24.6 Å². The van der Waals surface area contributed by atoms with E-state index in [4.69, 9.17) is 4.74 Å². The maximum atomic E-state index is 12.9. The molecule has 0 aromatic carbocycles. The summed E-state index contributed by atoms with van der Waals surface area (Å²) in [6.45, 7) is 4.08. The highest BCUT2D eigenvalue weighted by Gasteiger charge is 2.33. The van der Waals surface area contributed by atoms with Crippen LogP contribution in [0.1, 0.15) is 12.1 Å². The monoisotopic (exact) mass is 394 g/mol. The lowest BCUT2D eigenvalue weighted by atomic mass is 10.3. The van der Waals surface area contributed by atoms with E-state index in [0.717, 1.165) is 31.4 Å². The predicted molar refractivity (Wildman–Crippen MR) is 98.5 cm³/mol. The normalized spacial score (nSPS) is 20.5. The number of anilines is 3. The summed E-state index contributed by atoms with van der Waals surface area (Å²) in [6, 6.07) is 5.88. The molecule has 1 atom stereocenters. The third kappa shape index (κ3) is 4.27. The van der Waals surface area contributed by atoms with Crippen molar-refractivity contribution in [2.24, 2.45) is 0 Å². The Labute approximate surface area is 160 Å². The molecule has 0 saturated carbocycles. The van der Waals surface area contributed by atoms with E-state index < -0.39 is 11.9 Å². The summed E-state index contributed by atoms with van der Waals surface area (Å²) in [4.78, 5) is 16.6. The van der Waals surface area contributed by atoms with E-state index in [1.54, 1.807) is 12.3 Å². The van der Waals surface area contributed by atoms with Gasteiger partial charge in [-0.1, -0.05) is 6.07 Å². The number of aromatic nitrogens is 3. The number of nitrogens with one attached hydrogen (secondary N) is 1. The molecule has 0 spiro atoms. The molecule has 2 aliphatic rings. The number of hydrogen-bond donors (Lipinski definition) is 1. The highest BCUT2D eigenvalue weighted by atomic mass is 19.4. The lowest BCUT2D eigenvalue weighted by Crippen LogP contribution is -2.37. The smallest absolute Gasteiger partial charge is 0.378 e. The first kappa shape index (κ1) is 18.7. The Bertz CT molecular complexity index is 812. The van der Waals surface area contributed by atoms with Gasteiger partial charge in [0.05, 0.1) is 13.2 Å². The summed E-state index contributed by atoms with van der Waals surface area (Å²) in [7, 11) is 0. The van der Waals surface area contributed by atoms with Crippen LogP contribution in [-0.4, -0.2) is 60.4 Å². The van der Waals surface area contributed by atoms with E-state index in [0.29, 0.717) is 38.1 Å². The molecule has 2 aromatic rings. The van der Waals surface area contributed by atoms with E-state index in [2.05, 4.69) is 25.2 Å². The third-order valence-electron chi connectivity index (χ3n) is 4.85. The molecule has 1 N–H and O–H groups in total. The summed E-state index contributed by atoms with van der Waals surface area (Å²) in [5.41, 5.74) is -0.872. The lowest BCUT2D eigenvalue weighted by Gasteiger charge is -2.28. The highest BCUT2D eigenvalue weighted by Crippen LogP contribution is 2.30. The van der Waals surface area contributed by atoms with Crippen LogP contribution in [0.2, 0.25) is 0 Å². The van der Waals surface area contributed by atoms with Gasteiger partial charge in [-0.25, -0.2) is 9.97 Å². The first-order valence-corrected chi connectivity index (χ1v) is 9.20. The fraction of sp³-hybridized carbons (Fsp3) is 0.500. The van der Waals surface area contributed by atoms with Crippen LogP contribution in [0.15, 0.2) is 30.5 Å². The largest absolute Gasteiger partial charge is 0.433 e. The van der Waals surface area contributed by atoms with Gasteiger partial charge in [0, 0.05) is 38.4 Å². The van der Waals surface area contributed by atoms with Crippen LogP contribution in [-0.2, 0) is 10.9 Å². The van der Waals surface area contributed by atoms with E-state index in [1.165, 1.54) is 6.07 Å². The Kier molecular flexibility index (Phi) is 5.21. The first-order chi connectivity index (χ1) is 13.5. The fourth-order valence-electron chi connectivity index (χ4n) is 3.41. The molecule has 2 fully saturated rings. The number of rotatable bonds is 4. The molecule has 2 aliphatic heterocycles. The molecule has 4 heterocycles. The summed E-state index contributed by atoms with van der Waals surface area (Å²) < 4.78 is 44.0. The van der Waals surface area contributed by atoms with Gasteiger partial charge < -0.3 is 19.9 Å². The van der Waals surface area contributed by atoms with Gasteiger partial charge in [0.2, 0.25) is 5.95 Å². The number of hydrogen-bond acceptors (Lipinski definition) is 7.